The molecule has 1 atom stereocenters. The maximum absolute atomic E-state index is 12.5. The van der Waals surface area contributed by atoms with Crippen molar-refractivity contribution in [3.05, 3.63) is 0 Å². The van der Waals surface area contributed by atoms with Crippen LogP contribution in [0.15, 0.2) is 0 Å². The average molecular weight is 422 g/mol. The normalized spacial score (nSPS) is 16.8. The molecule has 1 heterocycles. The van der Waals surface area contributed by atoms with Gasteiger partial charge in [0.25, 0.3) is 0 Å². The van der Waals surface area contributed by atoms with E-state index in [1.807, 2.05) is 13.8 Å². The molecule has 4 nitrogen and oxygen atoms in total. The van der Waals surface area contributed by atoms with Crippen molar-refractivity contribution in [2.75, 3.05) is 0 Å². The van der Waals surface area contributed by atoms with Gasteiger partial charge in [0.15, 0.2) is 5.78 Å². The van der Waals surface area contributed by atoms with E-state index in [-0.39, 0.29) is 24.0 Å². The molecular weight excluding hydrogens is 374 g/mol. The van der Waals surface area contributed by atoms with Crippen molar-refractivity contribution in [3.63, 3.8) is 0 Å². The van der Waals surface area contributed by atoms with Gasteiger partial charge in [-0.2, -0.15) is 0 Å². The van der Waals surface area contributed by atoms with E-state index in [1.54, 1.807) is 0 Å². The smallest absolute Gasteiger partial charge is 0.237 e. The first kappa shape index (κ1) is 26.8. The van der Waals surface area contributed by atoms with Crippen LogP contribution in [-0.4, -0.2) is 28.5 Å². The molecule has 0 aromatic rings. The molecule has 0 spiro atoms. The van der Waals surface area contributed by atoms with Crippen LogP contribution in [0.3, 0.4) is 0 Å². The van der Waals surface area contributed by atoms with Gasteiger partial charge in [-0.15, -0.1) is 0 Å². The van der Waals surface area contributed by atoms with Crippen molar-refractivity contribution >= 4 is 17.6 Å². The molecule has 1 aliphatic rings. The molecule has 0 bridgehead atoms. The number of carbonyl (C=O) groups excluding carboxylic acids is 3. The molecule has 2 amide bonds. The Bertz CT molecular complexity index is 501. The molecular formula is C26H47NO3. The van der Waals surface area contributed by atoms with Crippen LogP contribution < -0.4 is 0 Å². The monoisotopic (exact) mass is 421 g/mol. The fourth-order valence-corrected chi connectivity index (χ4v) is 4.43. The van der Waals surface area contributed by atoms with Gasteiger partial charge >= 0.3 is 0 Å². The number of rotatable bonds is 18. The first-order chi connectivity index (χ1) is 14.5. The molecule has 1 aliphatic heterocycles. The summed E-state index contributed by atoms with van der Waals surface area (Å²) >= 11 is 0. The Balaban J connectivity index is 1.99. The van der Waals surface area contributed by atoms with Crippen LogP contribution in [0.2, 0.25) is 0 Å². The molecule has 30 heavy (non-hydrogen) atoms. The van der Waals surface area contributed by atoms with E-state index in [1.165, 1.54) is 81.9 Å². The lowest BCUT2D eigenvalue weighted by Gasteiger charge is -2.23. The first-order valence-corrected chi connectivity index (χ1v) is 12.8. The third kappa shape index (κ3) is 11.3. The topological polar surface area (TPSA) is 54.5 Å². The van der Waals surface area contributed by atoms with Crippen molar-refractivity contribution in [1.82, 2.24) is 4.90 Å². The van der Waals surface area contributed by atoms with Crippen molar-refractivity contribution in [3.8, 4) is 0 Å². The van der Waals surface area contributed by atoms with E-state index in [4.69, 9.17) is 0 Å². The third-order valence-corrected chi connectivity index (χ3v) is 6.24. The predicted octanol–water partition coefficient (Wildman–Crippen LogP) is 6.99. The number of amides is 2. The number of hydrogen-bond acceptors (Lipinski definition) is 3. The number of likely N-dealkylation sites (tertiary alicyclic amines) is 1. The van der Waals surface area contributed by atoms with Crippen molar-refractivity contribution < 1.29 is 14.4 Å². The number of nitrogens with zero attached hydrogens (tertiary/aromatic N) is 1. The molecule has 1 rings (SSSR count). The highest BCUT2D eigenvalue weighted by Crippen LogP contribution is 2.23. The number of imide groups is 1. The van der Waals surface area contributed by atoms with Crippen LogP contribution in [0.1, 0.15) is 136 Å². The molecule has 0 N–H and O–H groups in total. The minimum atomic E-state index is -0.513. The molecule has 0 radical (unpaired) electrons. The highest BCUT2D eigenvalue weighted by Gasteiger charge is 2.41. The lowest BCUT2D eigenvalue weighted by Crippen LogP contribution is -2.41. The maximum Gasteiger partial charge on any atom is 0.237 e. The Kier molecular flexibility index (Phi) is 14.8. The molecule has 0 aliphatic carbocycles. The molecule has 174 valence electrons. The Morgan fingerprint density at radius 1 is 0.800 bits per heavy atom. The SMILES string of the molecule is CCCCCCCCCCCCCCCCCC(=O)N1C(=O)CC(=O)C1CC(C)C. The average Bonchev–Trinajstić information content (AvgIpc) is 2.97. The standard InChI is InChI=1S/C26H47NO3/c1-4-5-6-7-8-9-10-11-12-13-14-15-16-17-18-19-25(29)27-23(20-22(2)3)24(28)21-26(27)30/h22-23H,4-21H2,1-3H3. The van der Waals surface area contributed by atoms with Crippen LogP contribution >= 0.6 is 0 Å². The van der Waals surface area contributed by atoms with Crippen molar-refractivity contribution in [2.45, 2.75) is 142 Å². The largest absolute Gasteiger partial charge is 0.297 e. The summed E-state index contributed by atoms with van der Waals surface area (Å²) in [6.07, 6.45) is 20.3. The molecule has 4 heteroatoms. The number of Topliss-reactive ketones (excluding diaryl/α,β-unsaturated/α-hetero) is 1. The van der Waals surface area contributed by atoms with Crippen LogP contribution in [0.25, 0.3) is 0 Å². The van der Waals surface area contributed by atoms with Crippen LogP contribution in [-0.2, 0) is 14.4 Å². The zero-order chi connectivity index (χ0) is 22.2. The lowest BCUT2D eigenvalue weighted by molar-refractivity contribution is -0.145. The second kappa shape index (κ2) is 16.5. The van der Waals surface area contributed by atoms with Gasteiger partial charge in [-0.3, -0.25) is 19.3 Å². The minimum absolute atomic E-state index is 0.0847. The lowest BCUT2D eigenvalue weighted by atomic mass is 10.0. The summed E-state index contributed by atoms with van der Waals surface area (Å²) in [5, 5.41) is 0. The summed E-state index contributed by atoms with van der Waals surface area (Å²) in [6, 6.07) is -0.513. The van der Waals surface area contributed by atoms with E-state index < -0.39 is 6.04 Å². The van der Waals surface area contributed by atoms with Gasteiger partial charge in [0.1, 0.15) is 0 Å². The van der Waals surface area contributed by atoms with Gasteiger partial charge in [0.2, 0.25) is 11.8 Å². The van der Waals surface area contributed by atoms with Crippen LogP contribution in [0.5, 0.6) is 0 Å². The molecule has 0 aromatic carbocycles. The van der Waals surface area contributed by atoms with Gasteiger partial charge in [-0.25, -0.2) is 0 Å². The zero-order valence-corrected chi connectivity index (χ0v) is 20.1. The fraction of sp³-hybridized carbons (Fsp3) is 0.885. The van der Waals surface area contributed by atoms with E-state index >= 15 is 0 Å². The fourth-order valence-electron chi connectivity index (χ4n) is 4.43. The second-order valence-electron chi connectivity index (χ2n) is 9.65. The van der Waals surface area contributed by atoms with Crippen LogP contribution in [0, 0.1) is 5.92 Å². The van der Waals surface area contributed by atoms with Crippen molar-refractivity contribution in [2.24, 2.45) is 5.92 Å². The predicted molar refractivity (Wildman–Crippen MR) is 124 cm³/mol. The summed E-state index contributed by atoms with van der Waals surface area (Å²) in [4.78, 5) is 37.8. The molecule has 0 saturated carbocycles. The highest BCUT2D eigenvalue weighted by atomic mass is 16.2. The van der Waals surface area contributed by atoms with Gasteiger partial charge in [-0.1, -0.05) is 111 Å². The van der Waals surface area contributed by atoms with E-state index in [0.29, 0.717) is 18.8 Å². The van der Waals surface area contributed by atoms with Gasteiger partial charge in [-0.05, 0) is 18.8 Å². The van der Waals surface area contributed by atoms with Gasteiger partial charge in [0, 0.05) is 6.42 Å². The third-order valence-electron chi connectivity index (χ3n) is 6.24. The van der Waals surface area contributed by atoms with Gasteiger partial charge < -0.3 is 0 Å². The molecule has 1 unspecified atom stereocenters. The zero-order valence-electron chi connectivity index (χ0n) is 20.1. The molecule has 1 fully saturated rings. The van der Waals surface area contributed by atoms with E-state index in [2.05, 4.69) is 6.92 Å². The molecule has 0 aromatic heterocycles. The Hall–Kier alpha value is -1.19. The Morgan fingerprint density at radius 2 is 1.23 bits per heavy atom. The summed E-state index contributed by atoms with van der Waals surface area (Å²) in [5.74, 6) is -0.229. The summed E-state index contributed by atoms with van der Waals surface area (Å²) in [6.45, 7) is 6.31. The Labute approximate surface area is 185 Å². The van der Waals surface area contributed by atoms with E-state index in [0.717, 1.165) is 19.3 Å². The maximum atomic E-state index is 12.5. The number of ketones is 1. The van der Waals surface area contributed by atoms with E-state index in [9.17, 15) is 14.4 Å². The molecule has 1 saturated heterocycles. The van der Waals surface area contributed by atoms with Crippen molar-refractivity contribution in [1.29, 1.82) is 0 Å². The second-order valence-corrected chi connectivity index (χ2v) is 9.65. The van der Waals surface area contributed by atoms with Crippen LogP contribution in [0.4, 0.5) is 0 Å². The summed E-state index contributed by atoms with van der Waals surface area (Å²) in [7, 11) is 0. The Morgan fingerprint density at radius 3 is 1.67 bits per heavy atom. The minimum Gasteiger partial charge on any atom is -0.297 e. The quantitative estimate of drug-likeness (QED) is 0.177. The first-order valence-electron chi connectivity index (χ1n) is 12.8. The summed E-state index contributed by atoms with van der Waals surface area (Å²) < 4.78 is 0. The number of unbranched alkanes of at least 4 members (excludes halogenated alkanes) is 14. The highest BCUT2D eigenvalue weighted by molar-refractivity contribution is 6.14. The number of carbonyl (C=O) groups is 3. The summed E-state index contributed by atoms with van der Waals surface area (Å²) in [5.41, 5.74) is 0. The van der Waals surface area contributed by atoms with Gasteiger partial charge in [0.05, 0.1) is 12.5 Å². The number of hydrogen-bond donors (Lipinski definition) is 0.